The van der Waals surface area contributed by atoms with Crippen molar-refractivity contribution in [3.63, 3.8) is 0 Å². The Kier molecular flexibility index (Phi) is 4.52. The standard InChI is InChI=1S/C15H14F2N2O4/c16-15(17)22-11-3-1-9(2-4-11)12-7-13(23-19-12)18-14(20)10-5-6-21-8-10/h1-4,7,10,15H,5-6,8H2,(H,18,20). The average Bonchev–Trinajstić information content (AvgIpc) is 3.18. The third-order valence-corrected chi connectivity index (χ3v) is 3.43. The molecule has 1 atom stereocenters. The predicted octanol–water partition coefficient (Wildman–Crippen LogP) is 2.92. The highest BCUT2D eigenvalue weighted by molar-refractivity contribution is 5.92. The number of benzene rings is 1. The lowest BCUT2D eigenvalue weighted by molar-refractivity contribution is -0.119. The number of hydrogen-bond donors (Lipinski definition) is 1. The Morgan fingerprint density at radius 3 is 2.78 bits per heavy atom. The number of carbonyl (C=O) groups is 1. The van der Waals surface area contributed by atoms with Gasteiger partial charge in [0.05, 0.1) is 12.5 Å². The smallest absolute Gasteiger partial charge is 0.387 e. The minimum absolute atomic E-state index is 0.0574. The van der Waals surface area contributed by atoms with E-state index < -0.39 is 6.61 Å². The molecule has 0 bridgehead atoms. The molecule has 3 rings (SSSR count). The van der Waals surface area contributed by atoms with Crippen LogP contribution in [0.25, 0.3) is 11.3 Å². The van der Waals surface area contributed by atoms with Crippen molar-refractivity contribution in [2.45, 2.75) is 13.0 Å². The van der Waals surface area contributed by atoms with Crippen LogP contribution in [0.1, 0.15) is 6.42 Å². The van der Waals surface area contributed by atoms with Crippen molar-refractivity contribution in [2.75, 3.05) is 18.5 Å². The van der Waals surface area contributed by atoms with Gasteiger partial charge in [-0.15, -0.1) is 0 Å². The van der Waals surface area contributed by atoms with Crippen molar-refractivity contribution in [3.8, 4) is 17.0 Å². The number of amides is 1. The van der Waals surface area contributed by atoms with Crippen LogP contribution in [-0.2, 0) is 9.53 Å². The Morgan fingerprint density at radius 1 is 1.35 bits per heavy atom. The topological polar surface area (TPSA) is 73.6 Å². The summed E-state index contributed by atoms with van der Waals surface area (Å²) in [7, 11) is 0. The molecule has 0 aliphatic carbocycles. The van der Waals surface area contributed by atoms with E-state index in [-0.39, 0.29) is 23.5 Å². The van der Waals surface area contributed by atoms with Crippen LogP contribution in [0.3, 0.4) is 0 Å². The first-order valence-corrected chi connectivity index (χ1v) is 7.02. The number of nitrogens with zero attached hydrogens (tertiary/aromatic N) is 1. The molecule has 1 saturated heterocycles. The van der Waals surface area contributed by atoms with Gasteiger partial charge in [0.1, 0.15) is 11.4 Å². The van der Waals surface area contributed by atoms with Crippen molar-refractivity contribution >= 4 is 11.8 Å². The fourth-order valence-corrected chi connectivity index (χ4v) is 2.24. The van der Waals surface area contributed by atoms with Gasteiger partial charge in [0, 0.05) is 18.2 Å². The van der Waals surface area contributed by atoms with Gasteiger partial charge in [-0.05, 0) is 30.7 Å². The molecule has 1 aromatic carbocycles. The fourth-order valence-electron chi connectivity index (χ4n) is 2.24. The first kappa shape index (κ1) is 15.4. The number of ether oxygens (including phenoxy) is 2. The summed E-state index contributed by atoms with van der Waals surface area (Å²) in [6.45, 7) is -1.89. The van der Waals surface area contributed by atoms with Gasteiger partial charge in [-0.3, -0.25) is 10.1 Å². The van der Waals surface area contributed by atoms with Crippen LogP contribution in [0.5, 0.6) is 5.75 Å². The molecular weight excluding hydrogens is 310 g/mol. The SMILES string of the molecule is O=C(Nc1cc(-c2ccc(OC(F)F)cc2)no1)C1CCOC1. The van der Waals surface area contributed by atoms with Crippen molar-refractivity contribution in [1.29, 1.82) is 0 Å². The van der Waals surface area contributed by atoms with Crippen LogP contribution in [0.4, 0.5) is 14.7 Å². The highest BCUT2D eigenvalue weighted by Crippen LogP contribution is 2.25. The summed E-state index contributed by atoms with van der Waals surface area (Å²) in [4.78, 5) is 11.9. The maximum Gasteiger partial charge on any atom is 0.387 e. The van der Waals surface area contributed by atoms with Gasteiger partial charge in [-0.2, -0.15) is 8.78 Å². The van der Waals surface area contributed by atoms with Crippen LogP contribution < -0.4 is 10.1 Å². The second-order valence-corrected chi connectivity index (χ2v) is 5.03. The minimum Gasteiger partial charge on any atom is -0.435 e. The Morgan fingerprint density at radius 2 is 2.13 bits per heavy atom. The van der Waals surface area contributed by atoms with E-state index in [1.165, 1.54) is 12.1 Å². The highest BCUT2D eigenvalue weighted by atomic mass is 19.3. The summed E-state index contributed by atoms with van der Waals surface area (Å²) >= 11 is 0. The lowest BCUT2D eigenvalue weighted by atomic mass is 10.1. The number of rotatable bonds is 5. The zero-order valence-corrected chi connectivity index (χ0v) is 12.0. The van der Waals surface area contributed by atoms with Crippen molar-refractivity contribution in [1.82, 2.24) is 5.16 Å². The zero-order valence-electron chi connectivity index (χ0n) is 12.0. The lowest BCUT2D eigenvalue weighted by Gasteiger charge is -2.05. The molecule has 2 aromatic rings. The normalized spacial score (nSPS) is 17.4. The number of anilines is 1. The zero-order chi connectivity index (χ0) is 16.2. The Balaban J connectivity index is 1.65. The summed E-state index contributed by atoms with van der Waals surface area (Å²) in [5.74, 6) is -0.0768. The van der Waals surface area contributed by atoms with E-state index in [0.717, 1.165) is 0 Å². The second-order valence-electron chi connectivity index (χ2n) is 5.03. The molecule has 1 amide bonds. The van der Waals surface area contributed by atoms with Crippen molar-refractivity contribution < 1.29 is 27.6 Å². The van der Waals surface area contributed by atoms with Gasteiger partial charge in [-0.25, -0.2) is 0 Å². The Bertz CT molecular complexity index is 666. The van der Waals surface area contributed by atoms with E-state index in [0.29, 0.717) is 30.9 Å². The molecule has 8 heteroatoms. The minimum atomic E-state index is -2.87. The van der Waals surface area contributed by atoms with Gasteiger partial charge in [0.25, 0.3) is 0 Å². The van der Waals surface area contributed by atoms with Crippen LogP contribution in [0.2, 0.25) is 0 Å². The van der Waals surface area contributed by atoms with E-state index in [9.17, 15) is 13.6 Å². The molecule has 0 saturated carbocycles. The molecule has 6 nitrogen and oxygen atoms in total. The van der Waals surface area contributed by atoms with Crippen molar-refractivity contribution in [3.05, 3.63) is 30.3 Å². The number of hydrogen-bond acceptors (Lipinski definition) is 5. The lowest BCUT2D eigenvalue weighted by Crippen LogP contribution is -2.22. The van der Waals surface area contributed by atoms with Crippen LogP contribution in [0, 0.1) is 5.92 Å². The number of halogens is 2. The molecular formula is C15H14F2N2O4. The first-order chi connectivity index (χ1) is 11.1. The molecule has 122 valence electrons. The van der Waals surface area contributed by atoms with Crippen molar-refractivity contribution in [2.24, 2.45) is 5.92 Å². The number of aromatic nitrogens is 1. The maximum atomic E-state index is 12.1. The van der Waals surface area contributed by atoms with Gasteiger partial charge < -0.3 is 14.0 Å². The largest absolute Gasteiger partial charge is 0.435 e. The first-order valence-electron chi connectivity index (χ1n) is 7.02. The van der Waals surface area contributed by atoms with Gasteiger partial charge in [0.15, 0.2) is 0 Å². The molecule has 0 spiro atoms. The maximum absolute atomic E-state index is 12.1. The summed E-state index contributed by atoms with van der Waals surface area (Å²) in [6.07, 6.45) is 0.679. The van der Waals surface area contributed by atoms with Gasteiger partial charge >= 0.3 is 6.61 Å². The molecule has 1 aliphatic rings. The predicted molar refractivity (Wildman–Crippen MR) is 76.1 cm³/mol. The van der Waals surface area contributed by atoms with E-state index in [4.69, 9.17) is 9.26 Å². The van der Waals surface area contributed by atoms with E-state index in [1.807, 2.05) is 0 Å². The molecule has 1 unspecified atom stereocenters. The monoisotopic (exact) mass is 324 g/mol. The van der Waals surface area contributed by atoms with E-state index in [1.54, 1.807) is 18.2 Å². The summed E-state index contributed by atoms with van der Waals surface area (Å²) in [5.41, 5.74) is 1.13. The Labute approximate surface area is 130 Å². The number of nitrogens with one attached hydrogen (secondary N) is 1. The van der Waals surface area contributed by atoms with Crippen LogP contribution in [0.15, 0.2) is 34.9 Å². The molecule has 1 aliphatic heterocycles. The third-order valence-electron chi connectivity index (χ3n) is 3.43. The molecule has 1 N–H and O–H groups in total. The van der Waals surface area contributed by atoms with Crippen LogP contribution >= 0.6 is 0 Å². The van der Waals surface area contributed by atoms with E-state index >= 15 is 0 Å². The van der Waals surface area contributed by atoms with Crippen LogP contribution in [-0.4, -0.2) is 30.9 Å². The fraction of sp³-hybridized carbons (Fsp3) is 0.333. The molecule has 1 aromatic heterocycles. The summed E-state index contributed by atoms with van der Waals surface area (Å²) in [6, 6.07) is 7.53. The average molecular weight is 324 g/mol. The quantitative estimate of drug-likeness (QED) is 0.915. The van der Waals surface area contributed by atoms with E-state index in [2.05, 4.69) is 15.2 Å². The highest BCUT2D eigenvalue weighted by Gasteiger charge is 2.24. The number of carbonyl (C=O) groups excluding carboxylic acids is 1. The molecule has 0 radical (unpaired) electrons. The molecule has 2 heterocycles. The third kappa shape index (κ3) is 3.84. The Hall–Kier alpha value is -2.48. The second kappa shape index (κ2) is 6.74. The van der Waals surface area contributed by atoms with Gasteiger partial charge in [0.2, 0.25) is 11.8 Å². The number of alkyl halides is 2. The molecule has 1 fully saturated rings. The summed E-state index contributed by atoms with van der Waals surface area (Å²) in [5, 5.41) is 6.49. The summed E-state index contributed by atoms with van der Waals surface area (Å²) < 4.78 is 38.7. The van der Waals surface area contributed by atoms with Gasteiger partial charge in [-0.1, -0.05) is 5.16 Å². The molecule has 23 heavy (non-hydrogen) atoms.